The van der Waals surface area contributed by atoms with Gasteiger partial charge in [-0.3, -0.25) is 4.79 Å². The first-order valence-electron chi connectivity index (χ1n) is 10.3. The zero-order valence-electron chi connectivity index (χ0n) is 18.2. The molecule has 0 aromatic heterocycles. The van der Waals surface area contributed by atoms with Gasteiger partial charge in [-0.1, -0.05) is 60.5 Å². The Morgan fingerprint density at radius 2 is 1.74 bits per heavy atom. The second-order valence-corrected chi connectivity index (χ2v) is 10.1. The van der Waals surface area contributed by atoms with Crippen LogP contribution < -0.4 is 5.43 Å². The van der Waals surface area contributed by atoms with Crippen LogP contribution in [0.4, 0.5) is 4.39 Å². The number of halogens is 3. The highest BCUT2D eigenvalue weighted by Crippen LogP contribution is 2.25. The normalized spacial score (nSPS) is 11.8. The Balaban J connectivity index is 1.81. The number of sulfonamides is 1. The van der Waals surface area contributed by atoms with Crippen molar-refractivity contribution in [2.24, 2.45) is 5.10 Å². The molecule has 0 aliphatic carbocycles. The van der Waals surface area contributed by atoms with Crippen LogP contribution in [-0.2, 0) is 27.8 Å². The summed E-state index contributed by atoms with van der Waals surface area (Å²) in [4.78, 5) is 12.5. The van der Waals surface area contributed by atoms with Crippen molar-refractivity contribution < 1.29 is 17.6 Å². The van der Waals surface area contributed by atoms with Gasteiger partial charge in [-0.05, 0) is 53.9 Å². The van der Waals surface area contributed by atoms with Crippen molar-refractivity contribution in [1.82, 2.24) is 9.73 Å². The molecule has 0 saturated heterocycles. The average Bonchev–Trinajstić information content (AvgIpc) is 2.81. The van der Waals surface area contributed by atoms with Gasteiger partial charge in [0.1, 0.15) is 5.82 Å². The molecule has 0 aliphatic heterocycles. The van der Waals surface area contributed by atoms with Gasteiger partial charge in [0, 0.05) is 22.2 Å². The molecule has 178 valence electrons. The number of rotatable bonds is 9. The standard InChI is InChI=1S/C24H22Cl2FN3O3S/c1-2-17-6-8-18(9-7-17)14-28-29-24(31)16-30(15-21-22(26)4-3-5-23(21)27)34(32,33)20-12-10-19(25)11-13-20/h3-14H,2,15-16H2,1H3,(H,29,31)/b28-14-. The van der Waals surface area contributed by atoms with E-state index >= 15 is 0 Å². The Morgan fingerprint density at radius 1 is 1.06 bits per heavy atom. The van der Waals surface area contributed by atoms with Gasteiger partial charge < -0.3 is 0 Å². The maximum Gasteiger partial charge on any atom is 0.255 e. The summed E-state index contributed by atoms with van der Waals surface area (Å²) in [5.41, 5.74) is 4.20. The SMILES string of the molecule is CCc1ccc(/C=N\NC(=O)CN(Cc2c(F)cccc2Cl)S(=O)(=O)c2ccc(Cl)cc2)cc1. The minimum atomic E-state index is -4.19. The van der Waals surface area contributed by atoms with Gasteiger partial charge >= 0.3 is 0 Å². The summed E-state index contributed by atoms with van der Waals surface area (Å²) in [6.45, 7) is 0.982. The summed E-state index contributed by atoms with van der Waals surface area (Å²) < 4.78 is 41.7. The summed E-state index contributed by atoms with van der Waals surface area (Å²) in [7, 11) is -4.19. The summed E-state index contributed by atoms with van der Waals surface area (Å²) in [5.74, 6) is -1.39. The van der Waals surface area contributed by atoms with Crippen LogP contribution in [0.1, 0.15) is 23.6 Å². The molecule has 0 saturated carbocycles. The summed E-state index contributed by atoms with van der Waals surface area (Å²) in [5, 5.41) is 4.29. The van der Waals surface area contributed by atoms with Crippen LogP contribution in [0.3, 0.4) is 0 Å². The maximum absolute atomic E-state index is 14.4. The number of hydrogen-bond acceptors (Lipinski definition) is 4. The lowest BCUT2D eigenvalue weighted by molar-refractivity contribution is -0.121. The number of hydrogen-bond donors (Lipinski definition) is 1. The van der Waals surface area contributed by atoms with Gasteiger partial charge in [-0.15, -0.1) is 0 Å². The Kier molecular flexibility index (Phi) is 8.79. The van der Waals surface area contributed by atoms with Gasteiger partial charge in [-0.2, -0.15) is 9.41 Å². The predicted molar refractivity (Wildman–Crippen MR) is 132 cm³/mol. The fourth-order valence-electron chi connectivity index (χ4n) is 3.05. The number of amides is 1. The molecule has 0 aliphatic rings. The molecule has 1 amide bonds. The molecule has 0 fully saturated rings. The van der Waals surface area contributed by atoms with Crippen LogP contribution >= 0.6 is 23.2 Å². The van der Waals surface area contributed by atoms with Crippen LogP contribution in [-0.4, -0.2) is 31.4 Å². The zero-order valence-corrected chi connectivity index (χ0v) is 20.5. The highest BCUT2D eigenvalue weighted by Gasteiger charge is 2.28. The molecule has 10 heteroatoms. The van der Waals surface area contributed by atoms with E-state index in [-0.39, 0.29) is 15.5 Å². The molecule has 1 N–H and O–H groups in total. The molecule has 3 rings (SSSR count). The fourth-order valence-corrected chi connectivity index (χ4v) is 4.77. The Hall–Kier alpha value is -2.78. The van der Waals surface area contributed by atoms with E-state index in [2.05, 4.69) is 10.5 Å². The van der Waals surface area contributed by atoms with Crippen molar-refractivity contribution >= 4 is 45.3 Å². The van der Waals surface area contributed by atoms with Gasteiger partial charge in [0.25, 0.3) is 5.91 Å². The molecule has 0 unspecified atom stereocenters. The Bertz CT molecular complexity index is 1260. The van der Waals surface area contributed by atoms with E-state index in [1.807, 2.05) is 31.2 Å². The zero-order chi connectivity index (χ0) is 24.7. The number of aryl methyl sites for hydroxylation is 1. The van der Waals surface area contributed by atoms with Crippen molar-refractivity contribution in [3.8, 4) is 0 Å². The topological polar surface area (TPSA) is 78.8 Å². The third-order valence-electron chi connectivity index (χ3n) is 4.96. The first kappa shape index (κ1) is 25.8. The second kappa shape index (κ2) is 11.6. The smallest absolute Gasteiger partial charge is 0.255 e. The van der Waals surface area contributed by atoms with E-state index in [1.54, 1.807) is 0 Å². The van der Waals surface area contributed by atoms with E-state index in [4.69, 9.17) is 23.2 Å². The summed E-state index contributed by atoms with van der Waals surface area (Å²) >= 11 is 12.0. The van der Waals surface area contributed by atoms with Gasteiger partial charge in [0.15, 0.2) is 0 Å². The molecule has 0 atom stereocenters. The van der Waals surface area contributed by atoms with Crippen molar-refractivity contribution in [1.29, 1.82) is 0 Å². The third kappa shape index (κ3) is 6.64. The molecular formula is C24H22Cl2FN3O3S. The van der Waals surface area contributed by atoms with Crippen molar-refractivity contribution in [2.75, 3.05) is 6.54 Å². The number of nitrogens with one attached hydrogen (secondary N) is 1. The monoisotopic (exact) mass is 521 g/mol. The summed E-state index contributed by atoms with van der Waals surface area (Å²) in [6.07, 6.45) is 2.35. The third-order valence-corrected chi connectivity index (χ3v) is 7.37. The number of carbonyl (C=O) groups excluding carboxylic acids is 1. The van der Waals surface area contributed by atoms with Crippen molar-refractivity contribution in [2.45, 2.75) is 24.8 Å². The van der Waals surface area contributed by atoms with Crippen molar-refractivity contribution in [3.05, 3.63) is 99.3 Å². The lowest BCUT2D eigenvalue weighted by atomic mass is 10.1. The van der Waals surface area contributed by atoms with Crippen LogP contribution in [0.2, 0.25) is 10.0 Å². The Labute approximate surface area is 208 Å². The molecule has 34 heavy (non-hydrogen) atoms. The van der Waals surface area contributed by atoms with E-state index < -0.39 is 34.8 Å². The van der Waals surface area contributed by atoms with Crippen LogP contribution in [0.5, 0.6) is 0 Å². The summed E-state index contributed by atoms with van der Waals surface area (Å²) in [6, 6.07) is 17.1. The molecule has 6 nitrogen and oxygen atoms in total. The maximum atomic E-state index is 14.4. The largest absolute Gasteiger partial charge is 0.272 e. The molecule has 0 spiro atoms. The highest BCUT2D eigenvalue weighted by atomic mass is 35.5. The van der Waals surface area contributed by atoms with Gasteiger partial charge in [0.2, 0.25) is 10.0 Å². The molecule has 0 heterocycles. The minimum Gasteiger partial charge on any atom is -0.272 e. The van der Waals surface area contributed by atoms with Gasteiger partial charge in [-0.25, -0.2) is 18.2 Å². The molecule has 0 radical (unpaired) electrons. The Morgan fingerprint density at radius 3 is 2.35 bits per heavy atom. The lowest BCUT2D eigenvalue weighted by Crippen LogP contribution is -2.39. The second-order valence-electron chi connectivity index (χ2n) is 7.32. The number of carbonyl (C=O) groups is 1. The fraction of sp³-hybridized carbons (Fsp3) is 0.167. The van der Waals surface area contributed by atoms with E-state index in [1.165, 1.54) is 48.7 Å². The minimum absolute atomic E-state index is 0.0465. The van der Waals surface area contributed by atoms with E-state index in [9.17, 15) is 17.6 Å². The first-order valence-corrected chi connectivity index (χ1v) is 12.5. The molecular weight excluding hydrogens is 500 g/mol. The predicted octanol–water partition coefficient (Wildman–Crippen LogP) is 5.04. The number of benzene rings is 3. The van der Waals surface area contributed by atoms with Crippen LogP contribution in [0.15, 0.2) is 76.7 Å². The lowest BCUT2D eigenvalue weighted by Gasteiger charge is -2.22. The highest BCUT2D eigenvalue weighted by molar-refractivity contribution is 7.89. The van der Waals surface area contributed by atoms with Crippen molar-refractivity contribution in [3.63, 3.8) is 0 Å². The molecule has 3 aromatic carbocycles. The van der Waals surface area contributed by atoms with E-state index in [0.717, 1.165) is 21.9 Å². The number of hydrazone groups is 1. The first-order chi connectivity index (χ1) is 16.2. The van der Waals surface area contributed by atoms with Gasteiger partial charge in [0.05, 0.1) is 17.7 Å². The van der Waals surface area contributed by atoms with Crippen LogP contribution in [0.25, 0.3) is 0 Å². The average molecular weight is 522 g/mol. The molecule has 0 bridgehead atoms. The number of nitrogens with zero attached hydrogens (tertiary/aromatic N) is 2. The van der Waals surface area contributed by atoms with Crippen LogP contribution in [0, 0.1) is 5.82 Å². The molecule has 3 aromatic rings. The quantitative estimate of drug-likeness (QED) is 0.316. The van der Waals surface area contributed by atoms with E-state index in [0.29, 0.717) is 5.02 Å².